The van der Waals surface area contributed by atoms with Gasteiger partial charge in [-0.05, 0) is 52.9 Å². The molecular weight excluding hydrogens is 356 g/mol. The third-order valence-corrected chi connectivity index (χ3v) is 5.31. The first kappa shape index (κ1) is 16.5. The lowest BCUT2D eigenvalue weighted by Crippen LogP contribution is -2.18. The van der Waals surface area contributed by atoms with Gasteiger partial charge in [-0.1, -0.05) is 19.3 Å². The first-order valence-corrected chi connectivity index (χ1v) is 9.32. The van der Waals surface area contributed by atoms with Crippen LogP contribution in [0.4, 0.5) is 5.69 Å². The SMILES string of the molecule is NS(=O)(=O)c1ccc(NC(=O)CC2CCCCC2)c(Br)c1. The van der Waals surface area contributed by atoms with Crippen LogP contribution in [-0.2, 0) is 14.8 Å². The average molecular weight is 375 g/mol. The third-order valence-electron chi connectivity index (χ3n) is 3.74. The van der Waals surface area contributed by atoms with Crippen LogP contribution in [0, 0.1) is 5.92 Å². The Hall–Kier alpha value is -0.920. The molecule has 0 spiro atoms. The van der Waals surface area contributed by atoms with Gasteiger partial charge in [0, 0.05) is 10.9 Å². The van der Waals surface area contributed by atoms with E-state index in [1.54, 1.807) is 6.07 Å². The molecule has 1 aliphatic carbocycles. The molecule has 0 bridgehead atoms. The number of anilines is 1. The van der Waals surface area contributed by atoms with Crippen molar-refractivity contribution < 1.29 is 13.2 Å². The number of carbonyl (C=O) groups is 1. The Morgan fingerprint density at radius 3 is 2.52 bits per heavy atom. The van der Waals surface area contributed by atoms with E-state index in [1.165, 1.54) is 31.4 Å². The molecule has 1 saturated carbocycles. The van der Waals surface area contributed by atoms with Crippen molar-refractivity contribution in [1.82, 2.24) is 0 Å². The van der Waals surface area contributed by atoms with Crippen molar-refractivity contribution in [1.29, 1.82) is 0 Å². The fourth-order valence-corrected chi connectivity index (χ4v) is 3.80. The van der Waals surface area contributed by atoms with Crippen LogP contribution >= 0.6 is 15.9 Å². The summed E-state index contributed by atoms with van der Waals surface area (Å²) in [5.74, 6) is 0.423. The highest BCUT2D eigenvalue weighted by atomic mass is 79.9. The van der Waals surface area contributed by atoms with Gasteiger partial charge in [0.15, 0.2) is 0 Å². The first-order chi connectivity index (χ1) is 9.86. The maximum atomic E-state index is 12.0. The molecule has 5 nitrogen and oxygen atoms in total. The predicted octanol–water partition coefficient (Wildman–Crippen LogP) is 3.01. The van der Waals surface area contributed by atoms with Crippen LogP contribution < -0.4 is 10.5 Å². The number of sulfonamides is 1. The highest BCUT2D eigenvalue weighted by Gasteiger charge is 2.18. The Morgan fingerprint density at radius 2 is 1.95 bits per heavy atom. The van der Waals surface area contributed by atoms with Crippen LogP contribution in [0.1, 0.15) is 38.5 Å². The number of nitrogens with one attached hydrogen (secondary N) is 1. The molecule has 0 heterocycles. The maximum absolute atomic E-state index is 12.0. The van der Waals surface area contributed by atoms with Crippen LogP contribution in [0.25, 0.3) is 0 Å². The summed E-state index contributed by atoms with van der Waals surface area (Å²) < 4.78 is 23.0. The second-order valence-electron chi connectivity index (χ2n) is 5.44. The summed E-state index contributed by atoms with van der Waals surface area (Å²) in [6.07, 6.45) is 6.40. The van der Waals surface area contributed by atoms with Crippen LogP contribution in [0.15, 0.2) is 27.6 Å². The molecule has 3 N–H and O–H groups in total. The van der Waals surface area contributed by atoms with E-state index in [-0.39, 0.29) is 10.8 Å². The lowest BCUT2D eigenvalue weighted by Gasteiger charge is -2.21. The Labute approximate surface area is 133 Å². The molecular formula is C14H19BrN2O3S. The molecule has 0 unspecified atom stereocenters. The number of hydrogen-bond acceptors (Lipinski definition) is 3. The van der Waals surface area contributed by atoms with Gasteiger partial charge in [0.05, 0.1) is 10.6 Å². The number of primary sulfonamides is 1. The maximum Gasteiger partial charge on any atom is 0.238 e. The summed E-state index contributed by atoms with van der Waals surface area (Å²) in [5.41, 5.74) is 0.559. The zero-order valence-electron chi connectivity index (χ0n) is 11.6. The smallest absolute Gasteiger partial charge is 0.238 e. The van der Waals surface area contributed by atoms with Crippen molar-refractivity contribution in [3.05, 3.63) is 22.7 Å². The summed E-state index contributed by atoms with van der Waals surface area (Å²) in [6.45, 7) is 0. The van der Waals surface area contributed by atoms with Gasteiger partial charge in [-0.2, -0.15) is 0 Å². The standard InChI is InChI=1S/C14H19BrN2O3S/c15-12-9-11(21(16,19)20)6-7-13(12)17-14(18)8-10-4-2-1-3-5-10/h6-7,9-10H,1-5,8H2,(H,17,18)(H2,16,19,20). The van der Waals surface area contributed by atoms with E-state index >= 15 is 0 Å². The van der Waals surface area contributed by atoms with Gasteiger partial charge in [-0.3, -0.25) is 4.79 Å². The van der Waals surface area contributed by atoms with Gasteiger partial charge in [-0.15, -0.1) is 0 Å². The lowest BCUT2D eigenvalue weighted by molar-refractivity contribution is -0.117. The zero-order valence-corrected chi connectivity index (χ0v) is 14.0. The number of rotatable bonds is 4. The van der Waals surface area contributed by atoms with E-state index in [4.69, 9.17) is 5.14 Å². The molecule has 1 amide bonds. The van der Waals surface area contributed by atoms with Gasteiger partial charge in [0.2, 0.25) is 15.9 Å². The van der Waals surface area contributed by atoms with Crippen molar-refractivity contribution in [3.63, 3.8) is 0 Å². The fraction of sp³-hybridized carbons (Fsp3) is 0.500. The third kappa shape index (κ3) is 4.79. The molecule has 0 radical (unpaired) electrons. The van der Waals surface area contributed by atoms with Gasteiger partial charge in [-0.25, -0.2) is 13.6 Å². The topological polar surface area (TPSA) is 89.3 Å². The minimum atomic E-state index is -3.74. The molecule has 2 rings (SSSR count). The lowest BCUT2D eigenvalue weighted by atomic mass is 9.87. The zero-order chi connectivity index (χ0) is 15.5. The van der Waals surface area contributed by atoms with Crippen molar-refractivity contribution in [2.45, 2.75) is 43.4 Å². The normalized spacial score (nSPS) is 16.7. The van der Waals surface area contributed by atoms with E-state index in [0.717, 1.165) is 12.8 Å². The van der Waals surface area contributed by atoms with Crippen molar-refractivity contribution in [3.8, 4) is 0 Å². The van der Waals surface area contributed by atoms with Crippen molar-refractivity contribution >= 4 is 37.5 Å². The molecule has 0 saturated heterocycles. The molecule has 7 heteroatoms. The van der Waals surface area contributed by atoms with Gasteiger partial charge in [0.1, 0.15) is 0 Å². The number of hydrogen-bond donors (Lipinski definition) is 2. The van der Waals surface area contributed by atoms with Crippen molar-refractivity contribution in [2.24, 2.45) is 11.1 Å². The summed E-state index contributed by atoms with van der Waals surface area (Å²) in [4.78, 5) is 12.1. The molecule has 21 heavy (non-hydrogen) atoms. The Morgan fingerprint density at radius 1 is 1.29 bits per heavy atom. The minimum Gasteiger partial charge on any atom is -0.325 e. The number of halogens is 1. The van der Waals surface area contributed by atoms with E-state index in [9.17, 15) is 13.2 Å². The molecule has 1 aromatic carbocycles. The monoisotopic (exact) mass is 374 g/mol. The number of carbonyl (C=O) groups excluding carboxylic acids is 1. The number of nitrogens with two attached hydrogens (primary N) is 1. The molecule has 0 aromatic heterocycles. The summed E-state index contributed by atoms with van der Waals surface area (Å²) in [6, 6.07) is 4.32. The highest BCUT2D eigenvalue weighted by molar-refractivity contribution is 9.10. The summed E-state index contributed by atoms with van der Waals surface area (Å²) >= 11 is 3.26. The average Bonchev–Trinajstić information content (AvgIpc) is 2.41. The molecule has 1 fully saturated rings. The predicted molar refractivity (Wildman–Crippen MR) is 85.3 cm³/mol. The largest absolute Gasteiger partial charge is 0.325 e. The van der Waals surface area contributed by atoms with Crippen molar-refractivity contribution in [2.75, 3.05) is 5.32 Å². The Kier molecular flexibility index (Phi) is 5.40. The van der Waals surface area contributed by atoms with Gasteiger partial charge in [0.25, 0.3) is 0 Å². The van der Waals surface area contributed by atoms with Crippen LogP contribution in [0.3, 0.4) is 0 Å². The van der Waals surface area contributed by atoms with Gasteiger partial charge < -0.3 is 5.32 Å². The van der Waals surface area contributed by atoms with E-state index in [2.05, 4.69) is 21.2 Å². The second kappa shape index (κ2) is 6.89. The summed E-state index contributed by atoms with van der Waals surface area (Å²) in [7, 11) is -3.74. The summed E-state index contributed by atoms with van der Waals surface area (Å²) in [5, 5.41) is 7.88. The number of benzene rings is 1. The number of amides is 1. The molecule has 0 aliphatic heterocycles. The highest BCUT2D eigenvalue weighted by Crippen LogP contribution is 2.28. The quantitative estimate of drug-likeness (QED) is 0.848. The second-order valence-corrected chi connectivity index (χ2v) is 7.86. The van der Waals surface area contributed by atoms with Crippen LogP contribution in [0.2, 0.25) is 0 Å². The molecule has 0 atom stereocenters. The fourth-order valence-electron chi connectivity index (χ4n) is 2.63. The van der Waals surface area contributed by atoms with E-state index in [1.807, 2.05) is 0 Å². The molecule has 116 valence electrons. The van der Waals surface area contributed by atoms with Gasteiger partial charge >= 0.3 is 0 Å². The molecule has 1 aliphatic rings. The Balaban J connectivity index is 2.00. The molecule has 1 aromatic rings. The Bertz CT molecular complexity index is 625. The van der Waals surface area contributed by atoms with E-state index < -0.39 is 10.0 Å². The minimum absolute atomic E-state index is 0.0136. The van der Waals surface area contributed by atoms with Crippen LogP contribution in [0.5, 0.6) is 0 Å². The van der Waals surface area contributed by atoms with E-state index in [0.29, 0.717) is 22.5 Å². The van der Waals surface area contributed by atoms with Crippen LogP contribution in [-0.4, -0.2) is 14.3 Å². The first-order valence-electron chi connectivity index (χ1n) is 6.98.